The van der Waals surface area contributed by atoms with E-state index in [0.29, 0.717) is 17.7 Å². The fraction of sp³-hybridized carbons (Fsp3) is 0.353. The van der Waals surface area contributed by atoms with Gasteiger partial charge in [0.05, 0.1) is 18.7 Å². The minimum atomic E-state index is -0.841. The lowest BCUT2D eigenvalue weighted by atomic mass is 10.0. The van der Waals surface area contributed by atoms with Gasteiger partial charge in [0, 0.05) is 6.42 Å². The number of imidazole rings is 1. The van der Waals surface area contributed by atoms with Crippen LogP contribution in [0.1, 0.15) is 35.4 Å². The van der Waals surface area contributed by atoms with Crippen LogP contribution in [0.15, 0.2) is 43.0 Å². The van der Waals surface area contributed by atoms with Crippen LogP contribution in [0.2, 0.25) is 0 Å². The lowest BCUT2D eigenvalue weighted by Crippen LogP contribution is -2.24. The summed E-state index contributed by atoms with van der Waals surface area (Å²) in [6.45, 7) is 2.30. The highest BCUT2D eigenvalue weighted by molar-refractivity contribution is 5.89. The molecular formula is C17H21N2O4+. The fourth-order valence-electron chi connectivity index (χ4n) is 2.19. The molecule has 0 amide bonds. The molecule has 1 aromatic carbocycles. The molecule has 1 aromatic heterocycles. The van der Waals surface area contributed by atoms with Crippen LogP contribution in [0.25, 0.3) is 0 Å². The summed E-state index contributed by atoms with van der Waals surface area (Å²) in [6.07, 6.45) is 4.94. The van der Waals surface area contributed by atoms with Gasteiger partial charge < -0.3 is 9.84 Å². The number of aliphatic hydroxyl groups excluding tert-OH is 1. The lowest BCUT2D eigenvalue weighted by molar-refractivity contribution is -0.671. The van der Waals surface area contributed by atoms with Crippen molar-refractivity contribution in [2.75, 3.05) is 6.61 Å². The predicted molar refractivity (Wildman–Crippen MR) is 82.6 cm³/mol. The summed E-state index contributed by atoms with van der Waals surface area (Å²) in [6, 6.07) is 6.46. The summed E-state index contributed by atoms with van der Waals surface area (Å²) in [5.74, 6) is -0.492. The number of ether oxygens (including phenoxy) is 1. The van der Waals surface area contributed by atoms with Gasteiger partial charge in [-0.2, -0.15) is 0 Å². The van der Waals surface area contributed by atoms with Gasteiger partial charge in [-0.3, -0.25) is 4.79 Å². The van der Waals surface area contributed by atoms with Gasteiger partial charge in [0.2, 0.25) is 6.33 Å². The summed E-state index contributed by atoms with van der Waals surface area (Å²) < 4.78 is 9.06. The number of aromatic nitrogens is 2. The Labute approximate surface area is 134 Å². The molecule has 2 aromatic rings. The van der Waals surface area contributed by atoms with Crippen molar-refractivity contribution in [3.8, 4) is 0 Å². The van der Waals surface area contributed by atoms with E-state index in [9.17, 15) is 14.7 Å². The maximum atomic E-state index is 11.9. The van der Waals surface area contributed by atoms with E-state index in [2.05, 4.69) is 0 Å². The number of ketones is 1. The lowest BCUT2D eigenvalue weighted by Gasteiger charge is -2.09. The van der Waals surface area contributed by atoms with Crippen LogP contribution < -0.4 is 4.57 Å². The number of carbonyl (C=O) groups excluding carboxylic acids is 2. The first-order valence-corrected chi connectivity index (χ1v) is 7.41. The molecule has 0 aliphatic carbocycles. The molecule has 0 unspecified atom stereocenters. The first-order chi connectivity index (χ1) is 11.0. The SMILES string of the molecule is CC(=O)C[C@@H](O)c1ccc(C(=O)OCCn2cc[n+](C)c2)cc1. The summed E-state index contributed by atoms with van der Waals surface area (Å²) in [7, 11) is 1.92. The zero-order valence-corrected chi connectivity index (χ0v) is 13.3. The van der Waals surface area contributed by atoms with Crippen molar-refractivity contribution in [3.05, 3.63) is 54.1 Å². The van der Waals surface area contributed by atoms with E-state index in [1.165, 1.54) is 6.92 Å². The average molecular weight is 317 g/mol. The second kappa shape index (κ2) is 7.69. The molecule has 1 atom stereocenters. The molecule has 0 fully saturated rings. The highest BCUT2D eigenvalue weighted by Crippen LogP contribution is 2.17. The van der Waals surface area contributed by atoms with E-state index in [-0.39, 0.29) is 18.8 Å². The Balaban J connectivity index is 1.86. The Kier molecular flexibility index (Phi) is 5.65. The summed E-state index contributed by atoms with van der Waals surface area (Å²) in [5.41, 5.74) is 1.03. The highest BCUT2D eigenvalue weighted by Gasteiger charge is 2.12. The molecule has 1 N–H and O–H groups in total. The number of aliphatic hydroxyl groups is 1. The Morgan fingerprint density at radius 1 is 1.30 bits per heavy atom. The first kappa shape index (κ1) is 16.9. The number of carbonyl (C=O) groups is 2. The van der Waals surface area contributed by atoms with Crippen LogP contribution in [-0.2, 0) is 23.1 Å². The first-order valence-electron chi connectivity index (χ1n) is 7.41. The van der Waals surface area contributed by atoms with Crippen LogP contribution in [0, 0.1) is 0 Å². The van der Waals surface area contributed by atoms with Crippen molar-refractivity contribution in [1.82, 2.24) is 4.57 Å². The van der Waals surface area contributed by atoms with E-state index in [4.69, 9.17) is 4.74 Å². The zero-order valence-electron chi connectivity index (χ0n) is 13.3. The molecule has 0 saturated heterocycles. The number of aryl methyl sites for hydroxylation is 1. The van der Waals surface area contributed by atoms with E-state index in [1.807, 2.05) is 34.9 Å². The Bertz CT molecular complexity index is 676. The largest absolute Gasteiger partial charge is 0.458 e. The van der Waals surface area contributed by atoms with Gasteiger partial charge in [-0.15, -0.1) is 0 Å². The van der Waals surface area contributed by atoms with Crippen molar-refractivity contribution in [1.29, 1.82) is 0 Å². The number of esters is 1. The van der Waals surface area contributed by atoms with E-state index in [0.717, 1.165) is 0 Å². The van der Waals surface area contributed by atoms with Gasteiger partial charge in [0.25, 0.3) is 0 Å². The van der Waals surface area contributed by atoms with E-state index in [1.54, 1.807) is 24.3 Å². The van der Waals surface area contributed by atoms with Crippen molar-refractivity contribution in [3.63, 3.8) is 0 Å². The summed E-state index contributed by atoms with van der Waals surface area (Å²) in [5, 5.41) is 9.85. The van der Waals surface area contributed by atoms with Gasteiger partial charge in [-0.25, -0.2) is 13.9 Å². The molecule has 6 nitrogen and oxygen atoms in total. The normalized spacial score (nSPS) is 12.0. The minimum Gasteiger partial charge on any atom is -0.458 e. The van der Waals surface area contributed by atoms with Crippen LogP contribution in [0.3, 0.4) is 0 Å². The summed E-state index contributed by atoms with van der Waals surface area (Å²) in [4.78, 5) is 22.9. The van der Waals surface area contributed by atoms with Gasteiger partial charge in [-0.1, -0.05) is 12.1 Å². The van der Waals surface area contributed by atoms with Crippen molar-refractivity contribution in [2.45, 2.75) is 26.0 Å². The molecule has 0 spiro atoms. The second-order valence-electron chi connectivity index (χ2n) is 5.50. The van der Waals surface area contributed by atoms with E-state index >= 15 is 0 Å². The predicted octanol–water partition coefficient (Wildman–Crippen LogP) is 1.18. The van der Waals surface area contributed by atoms with Gasteiger partial charge >= 0.3 is 5.97 Å². The van der Waals surface area contributed by atoms with Crippen LogP contribution in [0.4, 0.5) is 0 Å². The number of nitrogens with zero attached hydrogens (tertiary/aromatic N) is 2. The van der Waals surface area contributed by atoms with Gasteiger partial charge in [-0.05, 0) is 24.6 Å². The Hall–Kier alpha value is -2.47. The summed E-state index contributed by atoms with van der Waals surface area (Å²) >= 11 is 0. The molecule has 0 saturated carbocycles. The molecule has 6 heteroatoms. The molecule has 122 valence electrons. The molecule has 0 radical (unpaired) electrons. The highest BCUT2D eigenvalue weighted by atomic mass is 16.5. The maximum Gasteiger partial charge on any atom is 0.338 e. The number of Topliss-reactive ketones (excluding diaryl/α,β-unsaturated/α-hetero) is 1. The molecule has 0 bridgehead atoms. The fourth-order valence-corrected chi connectivity index (χ4v) is 2.19. The molecular weight excluding hydrogens is 296 g/mol. The number of benzene rings is 1. The maximum absolute atomic E-state index is 11.9. The van der Waals surface area contributed by atoms with Crippen molar-refractivity contribution < 1.29 is 24.0 Å². The second-order valence-corrected chi connectivity index (χ2v) is 5.50. The zero-order chi connectivity index (χ0) is 16.8. The Morgan fingerprint density at radius 3 is 2.57 bits per heavy atom. The number of rotatable bonds is 7. The molecule has 0 aliphatic heterocycles. The molecule has 1 heterocycles. The van der Waals surface area contributed by atoms with Gasteiger partial charge in [0.1, 0.15) is 31.3 Å². The molecule has 2 rings (SSSR count). The van der Waals surface area contributed by atoms with Crippen molar-refractivity contribution >= 4 is 11.8 Å². The molecule has 23 heavy (non-hydrogen) atoms. The average Bonchev–Trinajstić information content (AvgIpc) is 2.92. The van der Waals surface area contributed by atoms with Crippen LogP contribution in [0.5, 0.6) is 0 Å². The Morgan fingerprint density at radius 2 is 2.00 bits per heavy atom. The quantitative estimate of drug-likeness (QED) is 0.615. The number of hydrogen-bond acceptors (Lipinski definition) is 4. The van der Waals surface area contributed by atoms with Gasteiger partial charge in [0.15, 0.2) is 0 Å². The minimum absolute atomic E-state index is 0.0676. The third-order valence-electron chi connectivity index (χ3n) is 3.42. The van der Waals surface area contributed by atoms with Crippen LogP contribution in [-0.4, -0.2) is 28.0 Å². The third-order valence-corrected chi connectivity index (χ3v) is 3.42. The third kappa shape index (κ3) is 5.03. The standard InChI is InChI=1S/C17H21N2O4/c1-13(20)11-16(21)14-3-5-15(6-4-14)17(22)23-10-9-19-8-7-18(2)12-19/h3-8,12,16,21H,9-11H2,1-2H3/q+1/t16-/m1/s1. The monoisotopic (exact) mass is 317 g/mol. The van der Waals surface area contributed by atoms with E-state index < -0.39 is 12.1 Å². The molecule has 0 aliphatic rings. The van der Waals surface area contributed by atoms with Crippen molar-refractivity contribution in [2.24, 2.45) is 7.05 Å². The smallest absolute Gasteiger partial charge is 0.338 e. The number of hydrogen-bond donors (Lipinski definition) is 1. The topological polar surface area (TPSA) is 72.4 Å². The van der Waals surface area contributed by atoms with Crippen LogP contribution >= 0.6 is 0 Å².